The zero-order chi connectivity index (χ0) is 28.2. The number of aliphatic carboxylic acids is 2. The van der Waals surface area contributed by atoms with Crippen molar-refractivity contribution in [3.8, 4) is 11.5 Å². The number of esters is 2. The Labute approximate surface area is 226 Å². The van der Waals surface area contributed by atoms with Gasteiger partial charge in [0.1, 0.15) is 11.5 Å². The molecule has 0 aliphatic carbocycles. The number of carbonyl (C=O) groups is 4. The Hall–Kier alpha value is -3.14. The van der Waals surface area contributed by atoms with Crippen LogP contribution in [0.25, 0.3) is 0 Å². The number of ether oxygens (including phenoxy) is 2. The Morgan fingerprint density at radius 1 is 0.605 bits per heavy atom. The number of hydrogen-bond acceptors (Lipinski definition) is 8. The molecule has 2 aromatic rings. The molecule has 0 fully saturated rings. The number of carbonyl (C=O) groups excluding carboxylic acids is 2. The lowest BCUT2D eigenvalue weighted by atomic mass is 10.1. The summed E-state index contributed by atoms with van der Waals surface area (Å²) in [6.07, 6.45) is 0.544. The number of benzene rings is 2. The second kappa shape index (κ2) is 15.3. The Morgan fingerprint density at radius 3 is 1.21 bits per heavy atom. The van der Waals surface area contributed by atoms with E-state index in [1.54, 1.807) is 48.5 Å². The Kier molecular flexibility index (Phi) is 12.5. The second-order valence-electron chi connectivity index (χ2n) is 8.57. The van der Waals surface area contributed by atoms with E-state index >= 15 is 0 Å². The van der Waals surface area contributed by atoms with Gasteiger partial charge in [0.15, 0.2) is 24.2 Å². The summed E-state index contributed by atoms with van der Waals surface area (Å²) in [5.41, 5.74) is 16.3. The van der Waals surface area contributed by atoms with E-state index in [1.165, 1.54) is 21.6 Å². The van der Waals surface area contributed by atoms with Crippen molar-refractivity contribution in [3.05, 3.63) is 59.7 Å². The number of hydrogen-bond donors (Lipinski definition) is 6. The lowest BCUT2D eigenvalue weighted by Gasteiger charge is -2.11. The Balaban J connectivity index is 1.69. The van der Waals surface area contributed by atoms with Gasteiger partial charge in [-0.1, -0.05) is 45.9 Å². The molecule has 2 rings (SSSR count). The van der Waals surface area contributed by atoms with Crippen LogP contribution in [0.15, 0.2) is 48.5 Å². The standard InChI is InChI=1S/C24H30N4O8S2/c25-17(21(29)30)9-13-1-5-15(6-2-13)35-23(33)19(27)11-37-38-12-20(28)24(34)36-16-7-3-14(4-8-16)10-18(26)22(31)32/h1-8,17-20H,9-12,25-28H2,(H,29,30)(H,31,32)/p+4. The van der Waals surface area contributed by atoms with Crippen LogP contribution in [-0.2, 0) is 32.0 Å². The van der Waals surface area contributed by atoms with E-state index in [0.29, 0.717) is 23.0 Å². The van der Waals surface area contributed by atoms with Crippen LogP contribution in [0, 0.1) is 0 Å². The maximum Gasteiger partial charge on any atom is 0.371 e. The van der Waals surface area contributed by atoms with Crippen LogP contribution >= 0.6 is 21.6 Å². The van der Waals surface area contributed by atoms with Gasteiger partial charge in [-0.15, -0.1) is 0 Å². The highest BCUT2D eigenvalue weighted by Crippen LogP contribution is 2.23. The molecule has 0 aliphatic rings. The van der Waals surface area contributed by atoms with Gasteiger partial charge in [-0.25, -0.2) is 19.2 Å². The zero-order valence-corrected chi connectivity index (χ0v) is 22.4. The first-order chi connectivity index (χ1) is 18.0. The smallest absolute Gasteiger partial charge is 0.371 e. The first-order valence-corrected chi connectivity index (χ1v) is 14.1. The normalized spacial score (nSPS) is 14.1. The first kappa shape index (κ1) is 31.1. The third-order valence-corrected chi connectivity index (χ3v) is 7.79. The summed E-state index contributed by atoms with van der Waals surface area (Å²) in [5, 5.41) is 17.9. The molecule has 12 nitrogen and oxygen atoms in total. The summed E-state index contributed by atoms with van der Waals surface area (Å²) in [7, 11) is 2.73. The molecule has 0 radical (unpaired) electrons. The summed E-state index contributed by atoms with van der Waals surface area (Å²) in [5.74, 6) is -1.58. The highest BCUT2D eigenvalue weighted by molar-refractivity contribution is 8.76. The predicted molar refractivity (Wildman–Crippen MR) is 138 cm³/mol. The molecule has 38 heavy (non-hydrogen) atoms. The average Bonchev–Trinajstić information content (AvgIpc) is 2.88. The van der Waals surface area contributed by atoms with Crippen molar-refractivity contribution < 1.29 is 61.8 Å². The van der Waals surface area contributed by atoms with Crippen LogP contribution in [0.5, 0.6) is 11.5 Å². The first-order valence-electron chi connectivity index (χ1n) is 11.6. The summed E-state index contributed by atoms with van der Waals surface area (Å²) in [6, 6.07) is 10.3. The van der Waals surface area contributed by atoms with Crippen LogP contribution in [0.2, 0.25) is 0 Å². The zero-order valence-electron chi connectivity index (χ0n) is 20.7. The third kappa shape index (κ3) is 10.7. The summed E-state index contributed by atoms with van der Waals surface area (Å²) in [6.45, 7) is 0. The third-order valence-electron chi connectivity index (χ3n) is 5.23. The van der Waals surface area contributed by atoms with Crippen molar-refractivity contribution >= 4 is 45.5 Å². The lowest BCUT2D eigenvalue weighted by molar-refractivity contribution is -0.407. The van der Waals surface area contributed by atoms with E-state index in [9.17, 15) is 19.2 Å². The predicted octanol–water partition coefficient (Wildman–Crippen LogP) is -2.72. The topological polar surface area (TPSA) is 238 Å². The van der Waals surface area contributed by atoms with Crippen molar-refractivity contribution in [2.24, 2.45) is 0 Å². The molecule has 2 aromatic carbocycles. The minimum Gasteiger partial charge on any atom is -0.477 e. The second-order valence-corrected chi connectivity index (χ2v) is 11.1. The van der Waals surface area contributed by atoms with E-state index < -0.39 is 48.0 Å². The van der Waals surface area contributed by atoms with Gasteiger partial charge in [-0.2, -0.15) is 0 Å². The lowest BCUT2D eigenvalue weighted by Crippen LogP contribution is -2.67. The average molecular weight is 571 g/mol. The summed E-state index contributed by atoms with van der Waals surface area (Å²) >= 11 is 0. The molecule has 0 aromatic heterocycles. The molecular weight excluding hydrogens is 536 g/mol. The minimum atomic E-state index is -0.980. The molecule has 0 saturated heterocycles. The molecule has 0 bridgehead atoms. The molecule has 4 atom stereocenters. The maximum atomic E-state index is 12.3. The van der Waals surface area contributed by atoms with Crippen molar-refractivity contribution in [3.63, 3.8) is 0 Å². The highest BCUT2D eigenvalue weighted by atomic mass is 33.1. The molecule has 14 N–H and O–H groups in total. The van der Waals surface area contributed by atoms with Gasteiger partial charge in [0.05, 0.1) is 11.5 Å². The maximum absolute atomic E-state index is 12.3. The van der Waals surface area contributed by atoms with Crippen LogP contribution in [0.4, 0.5) is 0 Å². The van der Waals surface area contributed by atoms with Crippen LogP contribution in [-0.4, -0.2) is 69.8 Å². The highest BCUT2D eigenvalue weighted by Gasteiger charge is 2.24. The summed E-state index contributed by atoms with van der Waals surface area (Å²) in [4.78, 5) is 46.4. The fourth-order valence-electron chi connectivity index (χ4n) is 2.93. The fraction of sp³-hybridized carbons (Fsp3) is 0.333. The van der Waals surface area contributed by atoms with Gasteiger partial charge in [0, 0.05) is 12.8 Å². The quantitative estimate of drug-likeness (QED) is 0.0559. The van der Waals surface area contributed by atoms with Gasteiger partial charge in [-0.05, 0) is 35.4 Å². The van der Waals surface area contributed by atoms with E-state index in [1.807, 2.05) is 0 Å². The van der Waals surface area contributed by atoms with Gasteiger partial charge in [0.25, 0.3) is 0 Å². The van der Waals surface area contributed by atoms with Gasteiger partial charge < -0.3 is 42.6 Å². The van der Waals surface area contributed by atoms with Crippen LogP contribution in [0.3, 0.4) is 0 Å². The Bertz CT molecular complexity index is 1010. The fourth-order valence-corrected chi connectivity index (χ4v) is 5.28. The minimum absolute atomic E-state index is 0.272. The van der Waals surface area contributed by atoms with E-state index in [-0.39, 0.29) is 12.8 Å². The molecule has 0 saturated carbocycles. The molecule has 4 unspecified atom stereocenters. The van der Waals surface area contributed by atoms with Crippen molar-refractivity contribution in [2.45, 2.75) is 37.0 Å². The Morgan fingerprint density at radius 2 is 0.921 bits per heavy atom. The van der Waals surface area contributed by atoms with Gasteiger partial charge >= 0.3 is 23.9 Å². The van der Waals surface area contributed by atoms with Crippen molar-refractivity contribution in [1.29, 1.82) is 0 Å². The number of carboxylic acids is 2. The number of rotatable bonds is 15. The molecule has 206 valence electrons. The molecular formula is C24H34N4O8S2+4. The van der Waals surface area contributed by atoms with Crippen LogP contribution < -0.4 is 32.4 Å². The van der Waals surface area contributed by atoms with Gasteiger partial charge in [-0.3, -0.25) is 0 Å². The molecule has 14 heteroatoms. The SMILES string of the molecule is [NH3+]C(Cc1ccc(OC(=O)C([NH3+])CSSCC([NH3+])C(=O)Oc2ccc(CC([NH3+])C(=O)O)cc2)cc1)C(=O)O. The molecule has 0 heterocycles. The number of quaternary nitrogens is 4. The number of carboxylic acid groups (broad SMARTS) is 2. The van der Waals surface area contributed by atoms with E-state index in [0.717, 1.165) is 11.1 Å². The van der Waals surface area contributed by atoms with Crippen LogP contribution in [0.1, 0.15) is 11.1 Å². The molecule has 0 aliphatic heterocycles. The van der Waals surface area contributed by atoms with Crippen molar-refractivity contribution in [2.75, 3.05) is 11.5 Å². The molecule has 0 spiro atoms. The van der Waals surface area contributed by atoms with E-state index in [2.05, 4.69) is 22.9 Å². The van der Waals surface area contributed by atoms with Crippen molar-refractivity contribution in [1.82, 2.24) is 0 Å². The van der Waals surface area contributed by atoms with Gasteiger partial charge in [0.2, 0.25) is 0 Å². The monoisotopic (exact) mass is 570 g/mol. The summed E-state index contributed by atoms with van der Waals surface area (Å²) < 4.78 is 10.7. The molecule has 0 amide bonds. The largest absolute Gasteiger partial charge is 0.477 e. The van der Waals surface area contributed by atoms with E-state index in [4.69, 9.17) is 19.7 Å².